The van der Waals surface area contributed by atoms with E-state index in [1.54, 1.807) is 20.2 Å². The summed E-state index contributed by atoms with van der Waals surface area (Å²) < 4.78 is 7.73. The van der Waals surface area contributed by atoms with Crippen LogP contribution >= 0.6 is 12.8 Å². The predicted molar refractivity (Wildman–Crippen MR) is 109 cm³/mol. The molecule has 3 rings (SSSR count). The van der Waals surface area contributed by atoms with E-state index in [9.17, 15) is 5.26 Å². The maximum Gasteiger partial charge on any atom is 0.240 e. The molecule has 0 fully saturated rings. The highest BCUT2D eigenvalue weighted by Crippen LogP contribution is 2.31. The molecule has 0 saturated heterocycles. The topological polar surface area (TPSA) is 103 Å². The Morgan fingerprint density at radius 1 is 1.26 bits per heavy atom. The number of nitrogens with zero attached hydrogens (tertiary/aromatic N) is 3. The molecule has 0 aliphatic rings. The van der Waals surface area contributed by atoms with Crippen LogP contribution in [-0.4, -0.2) is 34.8 Å². The van der Waals surface area contributed by atoms with Crippen molar-refractivity contribution >= 4 is 35.1 Å². The van der Waals surface area contributed by atoms with E-state index in [0.717, 1.165) is 11.1 Å². The van der Waals surface area contributed by atoms with Gasteiger partial charge < -0.3 is 15.2 Å². The fourth-order valence-electron chi connectivity index (χ4n) is 2.27. The number of aliphatic hydroxyl groups is 1. The van der Waals surface area contributed by atoms with Crippen LogP contribution in [-0.2, 0) is 0 Å². The van der Waals surface area contributed by atoms with Gasteiger partial charge in [-0.3, -0.25) is 4.72 Å². The van der Waals surface area contributed by atoms with Crippen molar-refractivity contribution in [1.82, 2.24) is 14.7 Å². The van der Waals surface area contributed by atoms with Crippen LogP contribution in [0.2, 0.25) is 0 Å². The molecule has 0 radical (unpaired) electrons. The first-order chi connectivity index (χ1) is 13.1. The molecule has 3 N–H and O–H groups in total. The molecule has 140 valence electrons. The van der Waals surface area contributed by atoms with Crippen LogP contribution in [0.4, 0.5) is 11.4 Å². The summed E-state index contributed by atoms with van der Waals surface area (Å²) in [6.07, 6.45) is 2.88. The Morgan fingerprint density at radius 3 is 2.56 bits per heavy atom. The number of aromatic nitrogens is 2. The van der Waals surface area contributed by atoms with Gasteiger partial charge in [0.25, 0.3) is 0 Å². The van der Waals surface area contributed by atoms with Crippen molar-refractivity contribution < 1.29 is 9.84 Å². The molecule has 1 aromatic carbocycles. The first kappa shape index (κ1) is 20.5. The summed E-state index contributed by atoms with van der Waals surface area (Å²) in [5, 5.41) is 21.8. The summed E-state index contributed by atoms with van der Waals surface area (Å²) in [5.41, 5.74) is 2.70. The van der Waals surface area contributed by atoms with Crippen molar-refractivity contribution in [2.45, 2.75) is 13.0 Å². The molecule has 0 saturated carbocycles. The highest BCUT2D eigenvalue weighted by molar-refractivity contribution is 7.78. The van der Waals surface area contributed by atoms with Gasteiger partial charge in [-0.1, -0.05) is 31.0 Å². The normalized spacial score (nSPS) is 11.1. The van der Waals surface area contributed by atoms with Crippen molar-refractivity contribution in [3.8, 4) is 11.9 Å². The molecule has 7 nitrogen and oxygen atoms in total. The number of aliphatic hydroxyl groups excluding tert-OH is 1. The third kappa shape index (κ3) is 5.56. The van der Waals surface area contributed by atoms with Gasteiger partial charge in [-0.25, -0.2) is 9.97 Å². The summed E-state index contributed by atoms with van der Waals surface area (Å²) in [6.45, 7) is 2.24. The van der Waals surface area contributed by atoms with Gasteiger partial charge in [0.15, 0.2) is 0 Å². The number of rotatable bonds is 5. The molecule has 0 bridgehead atoms. The lowest BCUT2D eigenvalue weighted by molar-refractivity contribution is 0.200. The number of pyridine rings is 2. The Morgan fingerprint density at radius 2 is 2.00 bits per heavy atom. The molecule has 0 spiro atoms. The molecular formula is C19H21N5O2S. The quantitative estimate of drug-likeness (QED) is 0.502. The Bertz CT molecular complexity index is 913. The number of hydrogen-bond donors (Lipinski definition) is 4. The maximum absolute atomic E-state index is 9.31. The average molecular weight is 383 g/mol. The Kier molecular flexibility index (Phi) is 7.82. The summed E-state index contributed by atoms with van der Waals surface area (Å²) in [4.78, 5) is 8.41. The van der Waals surface area contributed by atoms with Crippen LogP contribution in [0.3, 0.4) is 0 Å². The van der Waals surface area contributed by atoms with Crippen LogP contribution in [0, 0.1) is 11.3 Å². The van der Waals surface area contributed by atoms with Crippen LogP contribution in [0.25, 0.3) is 10.9 Å². The second kappa shape index (κ2) is 10.3. The number of para-hydroxylation sites is 1. The highest BCUT2D eigenvalue weighted by Gasteiger charge is 2.12. The smallest absolute Gasteiger partial charge is 0.240 e. The highest BCUT2D eigenvalue weighted by atomic mass is 32.1. The minimum absolute atomic E-state index is 0.289. The van der Waals surface area contributed by atoms with Gasteiger partial charge >= 0.3 is 0 Å². The molecule has 0 amide bonds. The molecule has 8 heteroatoms. The molecule has 3 aromatic rings. The predicted octanol–water partition coefficient (Wildman–Crippen LogP) is 3.06. The Labute approximate surface area is 163 Å². The van der Waals surface area contributed by atoms with Crippen LogP contribution in [0.5, 0.6) is 5.88 Å². The van der Waals surface area contributed by atoms with Crippen molar-refractivity contribution in [3.63, 3.8) is 0 Å². The first-order valence-electron chi connectivity index (χ1n) is 8.19. The van der Waals surface area contributed by atoms with Gasteiger partial charge in [-0.15, -0.1) is 0 Å². The SMILES string of the molecule is CC(O)CNS.COc1nccc2c(Nc3ccccc3)c(C#N)cnc12. The van der Waals surface area contributed by atoms with Crippen molar-refractivity contribution in [1.29, 1.82) is 5.26 Å². The van der Waals surface area contributed by atoms with E-state index >= 15 is 0 Å². The number of nitrogens with one attached hydrogen (secondary N) is 2. The zero-order chi connectivity index (χ0) is 19.6. The van der Waals surface area contributed by atoms with Crippen molar-refractivity contribution in [3.05, 3.63) is 54.4 Å². The maximum atomic E-state index is 9.31. The zero-order valence-corrected chi connectivity index (χ0v) is 15.9. The molecule has 2 heterocycles. The monoisotopic (exact) mass is 383 g/mol. The number of hydrogen-bond acceptors (Lipinski definition) is 8. The molecule has 0 aliphatic carbocycles. The van der Waals surface area contributed by atoms with Gasteiger partial charge in [-0.05, 0) is 25.1 Å². The minimum Gasteiger partial charge on any atom is -0.479 e. The van der Waals surface area contributed by atoms with E-state index < -0.39 is 0 Å². The molecular weight excluding hydrogens is 362 g/mol. The largest absolute Gasteiger partial charge is 0.479 e. The lowest BCUT2D eigenvalue weighted by Gasteiger charge is -2.12. The summed E-state index contributed by atoms with van der Waals surface area (Å²) in [5.74, 6) is 0.438. The first-order valence-corrected chi connectivity index (χ1v) is 8.64. The number of benzene rings is 1. The third-order valence-electron chi connectivity index (χ3n) is 3.50. The van der Waals surface area contributed by atoms with Gasteiger partial charge in [0.2, 0.25) is 5.88 Å². The number of thiol groups is 1. The van der Waals surface area contributed by atoms with E-state index in [1.807, 2.05) is 36.4 Å². The summed E-state index contributed by atoms with van der Waals surface area (Å²) in [7, 11) is 1.55. The van der Waals surface area contributed by atoms with E-state index in [4.69, 9.17) is 9.84 Å². The van der Waals surface area contributed by atoms with Gasteiger partial charge in [0.05, 0.1) is 24.5 Å². The minimum atomic E-state index is -0.289. The number of methoxy groups -OCH3 is 1. The fourth-order valence-corrected chi connectivity index (χ4v) is 2.53. The van der Waals surface area contributed by atoms with Crippen LogP contribution in [0.1, 0.15) is 12.5 Å². The molecule has 0 aliphatic heterocycles. The van der Waals surface area contributed by atoms with Crippen LogP contribution < -0.4 is 14.8 Å². The van der Waals surface area contributed by atoms with Gasteiger partial charge in [0.1, 0.15) is 11.6 Å². The second-order valence-electron chi connectivity index (χ2n) is 5.58. The number of ether oxygens (including phenoxy) is 1. The van der Waals surface area contributed by atoms with E-state index in [0.29, 0.717) is 29.2 Å². The number of fused-ring (bicyclic) bond motifs is 1. The standard InChI is InChI=1S/C16H12N4O.C3H9NOS/c1-21-16-15-13(7-8-18-16)14(11(9-17)10-19-15)20-12-5-3-2-4-6-12;1-3(5)2-4-6/h2-8,10H,1H3,(H,19,20);3-6H,2H2,1H3. The van der Waals surface area contributed by atoms with Crippen LogP contribution in [0.15, 0.2) is 48.8 Å². The zero-order valence-electron chi connectivity index (χ0n) is 15.0. The van der Waals surface area contributed by atoms with Crippen molar-refractivity contribution in [2.24, 2.45) is 0 Å². The lowest BCUT2D eigenvalue weighted by atomic mass is 10.1. The Balaban J connectivity index is 0.000000380. The van der Waals surface area contributed by atoms with E-state index in [1.165, 1.54) is 6.20 Å². The van der Waals surface area contributed by atoms with Gasteiger partial charge in [0, 0.05) is 30.0 Å². The molecule has 2 aromatic heterocycles. The summed E-state index contributed by atoms with van der Waals surface area (Å²) >= 11 is 3.65. The van der Waals surface area contributed by atoms with E-state index in [2.05, 4.69) is 38.9 Å². The van der Waals surface area contributed by atoms with E-state index in [-0.39, 0.29) is 6.10 Å². The van der Waals surface area contributed by atoms with Gasteiger partial charge in [-0.2, -0.15) is 5.26 Å². The second-order valence-corrected chi connectivity index (χ2v) is 5.89. The lowest BCUT2D eigenvalue weighted by Crippen LogP contribution is -2.15. The average Bonchev–Trinajstić information content (AvgIpc) is 2.69. The summed E-state index contributed by atoms with van der Waals surface area (Å²) in [6, 6.07) is 13.6. The molecule has 27 heavy (non-hydrogen) atoms. The fraction of sp³-hybridized carbons (Fsp3) is 0.211. The Hall–Kier alpha value is -2.86. The number of anilines is 2. The van der Waals surface area contributed by atoms with Crippen molar-refractivity contribution in [2.75, 3.05) is 19.0 Å². The number of nitriles is 1. The third-order valence-corrected chi connectivity index (χ3v) is 3.68. The molecule has 1 atom stereocenters. The molecule has 1 unspecified atom stereocenters.